The van der Waals surface area contributed by atoms with Crippen molar-refractivity contribution in [3.63, 3.8) is 0 Å². The van der Waals surface area contributed by atoms with Crippen LogP contribution in [0.15, 0.2) is 49.2 Å². The SMILES string of the molecule is Cc1cccnc1CN1CCCC(c2cnc(Nc3ncccn3)cn2)C1. The van der Waals surface area contributed by atoms with Crippen molar-refractivity contribution in [2.45, 2.75) is 32.2 Å². The summed E-state index contributed by atoms with van der Waals surface area (Å²) in [5.74, 6) is 1.58. The molecule has 0 bridgehead atoms. The fourth-order valence-electron chi connectivity index (χ4n) is 3.43. The van der Waals surface area contributed by atoms with Gasteiger partial charge in [0.15, 0.2) is 5.82 Å². The molecule has 4 heterocycles. The van der Waals surface area contributed by atoms with E-state index in [2.05, 4.69) is 48.1 Å². The number of hydrogen-bond acceptors (Lipinski definition) is 7. The van der Waals surface area contributed by atoms with E-state index in [-0.39, 0.29) is 0 Å². The van der Waals surface area contributed by atoms with Gasteiger partial charge in [0.1, 0.15) is 0 Å². The molecule has 1 atom stereocenters. The normalized spacial score (nSPS) is 17.6. The van der Waals surface area contributed by atoms with Crippen LogP contribution in [0.4, 0.5) is 11.8 Å². The van der Waals surface area contributed by atoms with Gasteiger partial charge in [-0.15, -0.1) is 0 Å². The van der Waals surface area contributed by atoms with Gasteiger partial charge in [0.2, 0.25) is 5.95 Å². The first-order valence-corrected chi connectivity index (χ1v) is 9.27. The molecule has 138 valence electrons. The Morgan fingerprint density at radius 1 is 1.04 bits per heavy atom. The van der Waals surface area contributed by atoms with Gasteiger partial charge in [-0.05, 0) is 44.0 Å². The maximum Gasteiger partial charge on any atom is 0.228 e. The molecular weight excluding hydrogens is 338 g/mol. The second kappa shape index (κ2) is 8.18. The van der Waals surface area contributed by atoms with Crippen LogP contribution in [0.5, 0.6) is 0 Å². The predicted octanol–water partition coefficient (Wildman–Crippen LogP) is 3.09. The van der Waals surface area contributed by atoms with Gasteiger partial charge < -0.3 is 5.32 Å². The number of aryl methyl sites for hydroxylation is 1. The third-order valence-electron chi connectivity index (χ3n) is 4.89. The van der Waals surface area contributed by atoms with Gasteiger partial charge in [-0.1, -0.05) is 6.07 Å². The van der Waals surface area contributed by atoms with Crippen LogP contribution < -0.4 is 5.32 Å². The molecule has 0 amide bonds. The zero-order valence-corrected chi connectivity index (χ0v) is 15.4. The minimum atomic E-state index is 0.400. The van der Waals surface area contributed by atoms with Gasteiger partial charge in [-0.25, -0.2) is 15.0 Å². The second-order valence-corrected chi connectivity index (χ2v) is 6.87. The molecule has 1 aliphatic rings. The number of pyridine rings is 1. The highest BCUT2D eigenvalue weighted by atomic mass is 15.2. The molecule has 0 spiro atoms. The molecule has 0 aromatic carbocycles. The zero-order valence-electron chi connectivity index (χ0n) is 15.4. The molecule has 0 aliphatic carbocycles. The first kappa shape index (κ1) is 17.5. The Hall–Kier alpha value is -2.93. The fraction of sp³-hybridized carbons (Fsp3) is 0.350. The largest absolute Gasteiger partial charge is 0.307 e. The first-order chi connectivity index (χ1) is 13.3. The summed E-state index contributed by atoms with van der Waals surface area (Å²) < 4.78 is 0. The van der Waals surface area contributed by atoms with E-state index in [0.717, 1.165) is 43.9 Å². The number of piperidine rings is 1. The molecule has 0 radical (unpaired) electrons. The summed E-state index contributed by atoms with van der Waals surface area (Å²) in [5, 5.41) is 3.07. The van der Waals surface area contributed by atoms with Crippen molar-refractivity contribution in [1.82, 2.24) is 29.8 Å². The lowest BCUT2D eigenvalue weighted by Gasteiger charge is -2.32. The van der Waals surface area contributed by atoms with Crippen molar-refractivity contribution in [2.24, 2.45) is 0 Å². The van der Waals surface area contributed by atoms with Crippen molar-refractivity contribution in [2.75, 3.05) is 18.4 Å². The summed E-state index contributed by atoms with van der Waals surface area (Å²) in [6.45, 7) is 5.10. The maximum atomic E-state index is 4.63. The molecule has 1 fully saturated rings. The van der Waals surface area contributed by atoms with Crippen LogP contribution in [-0.2, 0) is 6.54 Å². The summed E-state index contributed by atoms with van der Waals surface area (Å²) >= 11 is 0. The second-order valence-electron chi connectivity index (χ2n) is 6.87. The average Bonchev–Trinajstić information content (AvgIpc) is 2.71. The zero-order chi connectivity index (χ0) is 18.5. The number of aromatic nitrogens is 5. The Balaban J connectivity index is 1.40. The van der Waals surface area contributed by atoms with Gasteiger partial charge in [-0.2, -0.15) is 0 Å². The van der Waals surface area contributed by atoms with Crippen molar-refractivity contribution < 1.29 is 0 Å². The topological polar surface area (TPSA) is 79.7 Å². The van der Waals surface area contributed by atoms with Gasteiger partial charge in [0, 0.05) is 37.6 Å². The summed E-state index contributed by atoms with van der Waals surface area (Å²) in [5.41, 5.74) is 3.45. The fourth-order valence-corrected chi connectivity index (χ4v) is 3.43. The molecule has 3 aromatic rings. The summed E-state index contributed by atoms with van der Waals surface area (Å²) in [6.07, 6.45) is 11.2. The Kier molecular flexibility index (Phi) is 5.29. The van der Waals surface area contributed by atoms with E-state index in [1.807, 2.05) is 18.5 Å². The van der Waals surface area contributed by atoms with E-state index in [1.165, 1.54) is 5.56 Å². The van der Waals surface area contributed by atoms with E-state index in [4.69, 9.17) is 0 Å². The number of anilines is 2. The number of nitrogens with one attached hydrogen (secondary N) is 1. The van der Waals surface area contributed by atoms with E-state index < -0.39 is 0 Å². The third kappa shape index (κ3) is 4.43. The standard InChI is InChI=1S/C20H23N7/c1-15-5-2-7-21-18(15)14-27-10-3-6-16(13-27)17-11-25-19(12-24-17)26-20-22-8-4-9-23-20/h2,4-5,7-9,11-12,16H,3,6,10,13-14H2,1H3,(H,22,23,25,26). The maximum absolute atomic E-state index is 4.63. The minimum Gasteiger partial charge on any atom is -0.307 e. The number of hydrogen-bond donors (Lipinski definition) is 1. The van der Waals surface area contributed by atoms with Crippen molar-refractivity contribution in [1.29, 1.82) is 0 Å². The first-order valence-electron chi connectivity index (χ1n) is 9.27. The average molecular weight is 361 g/mol. The Labute approximate surface area is 159 Å². The van der Waals surface area contributed by atoms with Crippen LogP contribution in [0, 0.1) is 6.92 Å². The molecule has 27 heavy (non-hydrogen) atoms. The van der Waals surface area contributed by atoms with Crippen LogP contribution in [0.25, 0.3) is 0 Å². The lowest BCUT2D eigenvalue weighted by Crippen LogP contribution is -2.34. The molecule has 1 saturated heterocycles. The van der Waals surface area contributed by atoms with Crippen LogP contribution in [0.2, 0.25) is 0 Å². The van der Waals surface area contributed by atoms with Crippen LogP contribution in [-0.4, -0.2) is 42.9 Å². The highest BCUT2D eigenvalue weighted by Crippen LogP contribution is 2.26. The molecule has 4 rings (SSSR count). The van der Waals surface area contributed by atoms with Gasteiger partial charge in [-0.3, -0.25) is 14.9 Å². The molecule has 1 N–H and O–H groups in total. The smallest absolute Gasteiger partial charge is 0.228 e. The van der Waals surface area contributed by atoms with Crippen LogP contribution in [0.1, 0.15) is 35.7 Å². The van der Waals surface area contributed by atoms with E-state index in [0.29, 0.717) is 17.7 Å². The molecule has 7 heteroatoms. The van der Waals surface area contributed by atoms with Gasteiger partial charge in [0.25, 0.3) is 0 Å². The molecule has 3 aromatic heterocycles. The Morgan fingerprint density at radius 2 is 1.89 bits per heavy atom. The summed E-state index contributed by atoms with van der Waals surface area (Å²) in [7, 11) is 0. The quantitative estimate of drug-likeness (QED) is 0.748. The lowest BCUT2D eigenvalue weighted by atomic mass is 9.95. The van der Waals surface area contributed by atoms with E-state index in [1.54, 1.807) is 24.7 Å². The highest BCUT2D eigenvalue weighted by molar-refractivity contribution is 5.45. The van der Waals surface area contributed by atoms with Crippen LogP contribution in [0.3, 0.4) is 0 Å². The van der Waals surface area contributed by atoms with Crippen molar-refractivity contribution in [3.05, 3.63) is 66.1 Å². The predicted molar refractivity (Wildman–Crippen MR) is 104 cm³/mol. The Bertz CT molecular complexity index is 867. The number of nitrogens with zero attached hydrogens (tertiary/aromatic N) is 6. The van der Waals surface area contributed by atoms with Crippen molar-refractivity contribution in [3.8, 4) is 0 Å². The van der Waals surface area contributed by atoms with E-state index in [9.17, 15) is 0 Å². The Morgan fingerprint density at radius 3 is 2.67 bits per heavy atom. The highest BCUT2D eigenvalue weighted by Gasteiger charge is 2.23. The molecular formula is C20H23N7. The number of rotatable bonds is 5. The molecule has 1 aliphatic heterocycles. The monoisotopic (exact) mass is 361 g/mol. The van der Waals surface area contributed by atoms with Crippen LogP contribution >= 0.6 is 0 Å². The third-order valence-corrected chi connectivity index (χ3v) is 4.89. The summed E-state index contributed by atoms with van der Waals surface area (Å²) in [4.78, 5) is 24.4. The van der Waals surface area contributed by atoms with Crippen molar-refractivity contribution >= 4 is 11.8 Å². The van der Waals surface area contributed by atoms with Gasteiger partial charge in [0.05, 0.1) is 23.8 Å². The number of likely N-dealkylation sites (tertiary alicyclic amines) is 1. The molecule has 7 nitrogen and oxygen atoms in total. The molecule has 0 saturated carbocycles. The lowest BCUT2D eigenvalue weighted by molar-refractivity contribution is 0.196. The van der Waals surface area contributed by atoms with Gasteiger partial charge >= 0.3 is 0 Å². The van der Waals surface area contributed by atoms with E-state index >= 15 is 0 Å². The molecule has 1 unspecified atom stereocenters. The minimum absolute atomic E-state index is 0.400. The summed E-state index contributed by atoms with van der Waals surface area (Å²) in [6, 6.07) is 5.89.